The second-order valence-electron chi connectivity index (χ2n) is 7.09. The number of urea groups is 1. The van der Waals surface area contributed by atoms with Crippen LogP contribution in [-0.4, -0.2) is 38.6 Å². The number of carbonyl (C=O) groups is 2. The van der Waals surface area contributed by atoms with Gasteiger partial charge in [-0.25, -0.2) is 4.79 Å². The number of carbonyl (C=O) groups excluding carboxylic acids is 2. The lowest BCUT2D eigenvalue weighted by Gasteiger charge is -2.15. The zero-order chi connectivity index (χ0) is 18.6. The molecule has 0 bridgehead atoms. The standard InChI is InChI=1S/C19H22N6O2/c26-18(21-9-13-3-1-2-4-13)16-5-6-17(24-23-16)22-19(27)25-11-14-7-8-20-10-15(14)12-25/h5-8,10,13H,1-4,9,11-12H2,(H,21,26)(H,22,24,27). The zero-order valence-electron chi connectivity index (χ0n) is 15.0. The van der Waals surface area contributed by atoms with Gasteiger partial charge in [-0.15, -0.1) is 10.2 Å². The first-order valence-corrected chi connectivity index (χ1v) is 9.28. The molecule has 1 aliphatic heterocycles. The van der Waals surface area contributed by atoms with Crippen molar-refractivity contribution < 1.29 is 9.59 Å². The van der Waals surface area contributed by atoms with Gasteiger partial charge in [0.15, 0.2) is 11.5 Å². The highest BCUT2D eigenvalue weighted by Gasteiger charge is 2.23. The zero-order valence-corrected chi connectivity index (χ0v) is 15.0. The monoisotopic (exact) mass is 366 g/mol. The third kappa shape index (κ3) is 4.05. The summed E-state index contributed by atoms with van der Waals surface area (Å²) in [5.74, 6) is 0.663. The molecule has 1 fully saturated rings. The van der Waals surface area contributed by atoms with Crippen molar-refractivity contribution in [3.05, 3.63) is 47.4 Å². The SMILES string of the molecule is O=C(NCC1CCCC1)c1ccc(NC(=O)N2Cc3ccncc3C2)nn1. The smallest absolute Gasteiger partial charge is 0.323 e. The van der Waals surface area contributed by atoms with E-state index in [-0.39, 0.29) is 17.6 Å². The predicted octanol–water partition coefficient (Wildman–Crippen LogP) is 2.34. The molecular formula is C19H22N6O2. The Morgan fingerprint density at radius 3 is 2.63 bits per heavy atom. The fourth-order valence-corrected chi connectivity index (χ4v) is 3.61. The number of fused-ring (bicyclic) bond motifs is 1. The van der Waals surface area contributed by atoms with E-state index in [2.05, 4.69) is 25.8 Å². The number of nitrogens with one attached hydrogen (secondary N) is 2. The number of aromatic nitrogens is 3. The van der Waals surface area contributed by atoms with Crippen LogP contribution in [0.2, 0.25) is 0 Å². The van der Waals surface area contributed by atoms with Gasteiger partial charge in [-0.05, 0) is 48.1 Å². The Balaban J connectivity index is 1.30. The summed E-state index contributed by atoms with van der Waals surface area (Å²) < 4.78 is 0. The highest BCUT2D eigenvalue weighted by molar-refractivity contribution is 5.93. The maximum Gasteiger partial charge on any atom is 0.323 e. The molecule has 2 aromatic heterocycles. The van der Waals surface area contributed by atoms with Crippen LogP contribution in [0.15, 0.2) is 30.6 Å². The van der Waals surface area contributed by atoms with Crippen molar-refractivity contribution in [1.29, 1.82) is 0 Å². The van der Waals surface area contributed by atoms with Crippen LogP contribution in [-0.2, 0) is 13.1 Å². The third-order valence-corrected chi connectivity index (χ3v) is 5.17. The second-order valence-corrected chi connectivity index (χ2v) is 7.09. The molecular weight excluding hydrogens is 344 g/mol. The largest absolute Gasteiger partial charge is 0.350 e. The summed E-state index contributed by atoms with van der Waals surface area (Å²) >= 11 is 0. The number of nitrogens with zero attached hydrogens (tertiary/aromatic N) is 4. The highest BCUT2D eigenvalue weighted by atomic mass is 16.2. The molecule has 0 radical (unpaired) electrons. The lowest BCUT2D eigenvalue weighted by molar-refractivity contribution is 0.0941. The summed E-state index contributed by atoms with van der Waals surface area (Å²) in [6.07, 6.45) is 8.34. The fraction of sp³-hybridized carbons (Fsp3) is 0.421. The maximum atomic E-state index is 12.4. The van der Waals surface area contributed by atoms with E-state index in [1.807, 2.05) is 6.07 Å². The van der Waals surface area contributed by atoms with Gasteiger partial charge in [0, 0.05) is 32.0 Å². The Kier molecular flexibility index (Phi) is 4.95. The summed E-state index contributed by atoms with van der Waals surface area (Å²) in [4.78, 5) is 30.3. The first kappa shape index (κ1) is 17.4. The van der Waals surface area contributed by atoms with Gasteiger partial charge in [-0.3, -0.25) is 15.1 Å². The molecule has 0 atom stereocenters. The average Bonchev–Trinajstić information content (AvgIpc) is 3.36. The van der Waals surface area contributed by atoms with Crippen molar-refractivity contribution in [1.82, 2.24) is 25.4 Å². The topological polar surface area (TPSA) is 100 Å². The van der Waals surface area contributed by atoms with E-state index in [4.69, 9.17) is 0 Å². The average molecular weight is 366 g/mol. The van der Waals surface area contributed by atoms with E-state index in [9.17, 15) is 9.59 Å². The molecule has 1 aliphatic carbocycles. The van der Waals surface area contributed by atoms with Gasteiger partial charge in [0.25, 0.3) is 5.91 Å². The maximum absolute atomic E-state index is 12.4. The first-order valence-electron chi connectivity index (χ1n) is 9.28. The van der Waals surface area contributed by atoms with Crippen molar-refractivity contribution in [2.75, 3.05) is 11.9 Å². The molecule has 140 valence electrons. The molecule has 2 aromatic rings. The van der Waals surface area contributed by atoms with Crippen molar-refractivity contribution >= 4 is 17.8 Å². The molecule has 3 amide bonds. The van der Waals surface area contributed by atoms with Gasteiger partial charge in [-0.2, -0.15) is 0 Å². The van der Waals surface area contributed by atoms with Crippen molar-refractivity contribution in [3.8, 4) is 0 Å². The normalized spacial score (nSPS) is 16.2. The van der Waals surface area contributed by atoms with Crippen LogP contribution in [0.1, 0.15) is 47.3 Å². The van der Waals surface area contributed by atoms with E-state index < -0.39 is 0 Å². The summed E-state index contributed by atoms with van der Waals surface area (Å²) in [6, 6.07) is 4.84. The van der Waals surface area contributed by atoms with Crippen LogP contribution in [0.4, 0.5) is 10.6 Å². The van der Waals surface area contributed by atoms with Crippen LogP contribution in [0.25, 0.3) is 0 Å². The minimum atomic E-state index is -0.251. The molecule has 8 heteroatoms. The van der Waals surface area contributed by atoms with Gasteiger partial charge < -0.3 is 10.2 Å². The highest BCUT2D eigenvalue weighted by Crippen LogP contribution is 2.24. The molecule has 3 heterocycles. The Morgan fingerprint density at radius 1 is 1.07 bits per heavy atom. The van der Waals surface area contributed by atoms with Crippen molar-refractivity contribution in [2.24, 2.45) is 5.92 Å². The number of hydrogen-bond donors (Lipinski definition) is 2. The summed E-state index contributed by atoms with van der Waals surface area (Å²) in [5, 5.41) is 13.5. The van der Waals surface area contributed by atoms with Crippen LogP contribution in [0.5, 0.6) is 0 Å². The number of hydrogen-bond acceptors (Lipinski definition) is 5. The Morgan fingerprint density at radius 2 is 1.89 bits per heavy atom. The van der Waals surface area contributed by atoms with Crippen LogP contribution >= 0.6 is 0 Å². The number of amides is 3. The van der Waals surface area contributed by atoms with E-state index in [0.29, 0.717) is 31.4 Å². The van der Waals surface area contributed by atoms with E-state index in [1.54, 1.807) is 29.4 Å². The van der Waals surface area contributed by atoms with Crippen LogP contribution in [0.3, 0.4) is 0 Å². The van der Waals surface area contributed by atoms with Gasteiger partial charge in [-0.1, -0.05) is 12.8 Å². The molecule has 0 spiro atoms. The van der Waals surface area contributed by atoms with Crippen LogP contribution in [0, 0.1) is 5.92 Å². The molecule has 0 unspecified atom stereocenters. The molecule has 1 saturated carbocycles. The fourth-order valence-electron chi connectivity index (χ4n) is 3.61. The van der Waals surface area contributed by atoms with Crippen molar-refractivity contribution in [3.63, 3.8) is 0 Å². The molecule has 2 N–H and O–H groups in total. The number of anilines is 1. The van der Waals surface area contributed by atoms with E-state index in [1.165, 1.54) is 25.7 Å². The third-order valence-electron chi connectivity index (χ3n) is 5.17. The summed E-state index contributed by atoms with van der Waals surface area (Å²) in [5.41, 5.74) is 2.40. The molecule has 27 heavy (non-hydrogen) atoms. The second kappa shape index (κ2) is 7.69. The Bertz CT molecular complexity index is 807. The van der Waals surface area contributed by atoms with Gasteiger partial charge >= 0.3 is 6.03 Å². The lowest BCUT2D eigenvalue weighted by atomic mass is 10.1. The van der Waals surface area contributed by atoms with Crippen LogP contribution < -0.4 is 10.6 Å². The Labute approximate surface area is 157 Å². The molecule has 8 nitrogen and oxygen atoms in total. The minimum absolute atomic E-state index is 0.227. The van der Waals surface area contributed by atoms with Crippen molar-refractivity contribution in [2.45, 2.75) is 38.8 Å². The molecule has 2 aliphatic rings. The number of rotatable bonds is 4. The van der Waals surface area contributed by atoms with Gasteiger partial charge in [0.1, 0.15) is 0 Å². The molecule has 0 saturated heterocycles. The lowest BCUT2D eigenvalue weighted by Crippen LogP contribution is -2.31. The van der Waals surface area contributed by atoms with Gasteiger partial charge in [0.2, 0.25) is 0 Å². The number of pyridine rings is 1. The first-order chi connectivity index (χ1) is 13.2. The quantitative estimate of drug-likeness (QED) is 0.865. The van der Waals surface area contributed by atoms with E-state index >= 15 is 0 Å². The molecule has 4 rings (SSSR count). The van der Waals surface area contributed by atoms with Gasteiger partial charge in [0.05, 0.1) is 0 Å². The Hall–Kier alpha value is -3.03. The van der Waals surface area contributed by atoms with E-state index in [0.717, 1.165) is 11.1 Å². The summed E-state index contributed by atoms with van der Waals surface area (Å²) in [6.45, 7) is 1.74. The minimum Gasteiger partial charge on any atom is -0.350 e. The summed E-state index contributed by atoms with van der Waals surface area (Å²) in [7, 11) is 0. The predicted molar refractivity (Wildman–Crippen MR) is 98.8 cm³/mol. The molecule has 0 aromatic carbocycles.